The van der Waals surface area contributed by atoms with Gasteiger partial charge in [0.25, 0.3) is 0 Å². The number of para-hydroxylation sites is 2. The van der Waals surface area contributed by atoms with Gasteiger partial charge in [-0.1, -0.05) is 188 Å². The quantitative estimate of drug-likeness (QED) is 0.160. The molecular formula is C54H35NO. The van der Waals surface area contributed by atoms with Gasteiger partial charge in [-0.05, 0) is 67.9 Å². The monoisotopic (exact) mass is 713 g/mol. The van der Waals surface area contributed by atoms with Gasteiger partial charge in [-0.25, -0.2) is 0 Å². The van der Waals surface area contributed by atoms with Crippen molar-refractivity contribution in [3.8, 4) is 33.4 Å². The minimum atomic E-state index is 0.861. The summed E-state index contributed by atoms with van der Waals surface area (Å²) < 4.78 is 7.01. The Kier molecular flexibility index (Phi) is 7.53. The van der Waals surface area contributed by atoms with Crippen molar-refractivity contribution < 1.29 is 4.42 Å². The van der Waals surface area contributed by atoms with E-state index in [9.17, 15) is 0 Å². The van der Waals surface area contributed by atoms with Crippen LogP contribution in [0.25, 0.3) is 87.6 Å². The van der Waals surface area contributed by atoms with Crippen LogP contribution in [0.4, 0.5) is 17.1 Å². The standard InChI is InChI=1S/C54H35NO/c1-3-16-37(17-4-1)43-27-15-28-44(38-18-5-2-6-19-38)53(43)55(48-30-14-23-40-33-32-39-21-8-10-25-42(39)51(40)48)49-35-34-46(45-29-13-22-36-20-7-9-24-41(36)45)54-52(49)47-26-11-12-31-50(47)56-54/h1-35H. The summed E-state index contributed by atoms with van der Waals surface area (Å²) in [6.07, 6.45) is 0. The number of furan rings is 1. The van der Waals surface area contributed by atoms with Crippen molar-refractivity contribution in [3.63, 3.8) is 0 Å². The molecule has 0 spiro atoms. The molecule has 0 aliphatic carbocycles. The van der Waals surface area contributed by atoms with E-state index in [0.29, 0.717) is 0 Å². The van der Waals surface area contributed by atoms with Gasteiger partial charge < -0.3 is 9.32 Å². The zero-order valence-corrected chi connectivity index (χ0v) is 30.6. The molecule has 11 rings (SSSR count). The van der Waals surface area contributed by atoms with E-state index >= 15 is 0 Å². The number of hydrogen-bond donors (Lipinski definition) is 0. The van der Waals surface area contributed by atoms with Crippen molar-refractivity contribution in [2.75, 3.05) is 4.90 Å². The zero-order chi connectivity index (χ0) is 37.0. The maximum atomic E-state index is 7.01. The van der Waals surface area contributed by atoms with Crippen LogP contribution >= 0.6 is 0 Å². The smallest absolute Gasteiger partial charge is 0.145 e. The molecule has 0 aliphatic rings. The van der Waals surface area contributed by atoms with Gasteiger partial charge in [-0.3, -0.25) is 0 Å². The van der Waals surface area contributed by atoms with Gasteiger partial charge in [-0.2, -0.15) is 0 Å². The first-order chi connectivity index (χ1) is 27.8. The molecule has 2 heteroatoms. The molecule has 0 unspecified atom stereocenters. The van der Waals surface area contributed by atoms with Crippen molar-refractivity contribution in [2.45, 2.75) is 0 Å². The third kappa shape index (κ3) is 5.11. The van der Waals surface area contributed by atoms with E-state index in [1.165, 1.54) is 32.3 Å². The number of nitrogens with zero attached hydrogens (tertiary/aromatic N) is 1. The molecule has 11 aromatic rings. The van der Waals surface area contributed by atoms with Crippen LogP contribution in [0.1, 0.15) is 0 Å². The van der Waals surface area contributed by atoms with Gasteiger partial charge in [0, 0.05) is 27.5 Å². The van der Waals surface area contributed by atoms with Gasteiger partial charge in [0.1, 0.15) is 11.2 Å². The molecule has 0 atom stereocenters. The molecule has 56 heavy (non-hydrogen) atoms. The Balaban J connectivity index is 1.33. The summed E-state index contributed by atoms with van der Waals surface area (Å²) in [6, 6.07) is 76.5. The van der Waals surface area contributed by atoms with E-state index in [4.69, 9.17) is 4.42 Å². The molecule has 0 fully saturated rings. The Morgan fingerprint density at radius 1 is 0.304 bits per heavy atom. The Morgan fingerprint density at radius 2 is 0.821 bits per heavy atom. The second kappa shape index (κ2) is 13.2. The molecular weight excluding hydrogens is 679 g/mol. The van der Waals surface area contributed by atoms with Gasteiger partial charge in [-0.15, -0.1) is 0 Å². The minimum absolute atomic E-state index is 0.861. The summed E-state index contributed by atoms with van der Waals surface area (Å²) in [7, 11) is 0. The Morgan fingerprint density at radius 3 is 1.57 bits per heavy atom. The number of fused-ring (bicyclic) bond motifs is 7. The SMILES string of the molecule is c1ccc(-c2cccc(-c3ccccc3)c2N(c2cccc3ccc4ccccc4c23)c2ccc(-c3cccc4ccccc34)c3oc4ccccc4c23)cc1. The van der Waals surface area contributed by atoms with Crippen LogP contribution in [0, 0.1) is 0 Å². The first kappa shape index (κ1) is 32.0. The molecule has 0 radical (unpaired) electrons. The number of hydrogen-bond acceptors (Lipinski definition) is 2. The highest BCUT2D eigenvalue weighted by Gasteiger charge is 2.28. The normalized spacial score (nSPS) is 11.6. The number of anilines is 3. The summed E-state index contributed by atoms with van der Waals surface area (Å²) >= 11 is 0. The lowest BCUT2D eigenvalue weighted by Gasteiger charge is -2.32. The highest BCUT2D eigenvalue weighted by Crippen LogP contribution is 2.53. The number of rotatable bonds is 6. The molecule has 0 amide bonds. The van der Waals surface area contributed by atoms with Crippen molar-refractivity contribution in [3.05, 3.63) is 212 Å². The zero-order valence-electron chi connectivity index (χ0n) is 30.6. The average Bonchev–Trinajstić information content (AvgIpc) is 3.67. The molecule has 0 N–H and O–H groups in total. The van der Waals surface area contributed by atoms with E-state index in [1.807, 2.05) is 0 Å². The second-order valence-electron chi connectivity index (χ2n) is 14.4. The average molecular weight is 714 g/mol. The van der Waals surface area contributed by atoms with Gasteiger partial charge >= 0.3 is 0 Å². The Hall–Kier alpha value is -7.42. The van der Waals surface area contributed by atoms with E-state index in [1.54, 1.807) is 0 Å². The van der Waals surface area contributed by atoms with Crippen LogP contribution in [-0.2, 0) is 0 Å². The molecule has 0 bridgehead atoms. The fourth-order valence-corrected chi connectivity index (χ4v) is 8.75. The fourth-order valence-electron chi connectivity index (χ4n) is 8.75. The number of benzene rings is 10. The van der Waals surface area contributed by atoms with E-state index in [-0.39, 0.29) is 0 Å². The van der Waals surface area contributed by atoms with E-state index < -0.39 is 0 Å². The lowest BCUT2D eigenvalue weighted by Crippen LogP contribution is -2.14. The molecule has 262 valence electrons. The van der Waals surface area contributed by atoms with Crippen molar-refractivity contribution in [1.82, 2.24) is 0 Å². The second-order valence-corrected chi connectivity index (χ2v) is 14.4. The molecule has 0 saturated carbocycles. The van der Waals surface area contributed by atoms with Gasteiger partial charge in [0.2, 0.25) is 0 Å². The van der Waals surface area contributed by atoms with Crippen molar-refractivity contribution in [1.29, 1.82) is 0 Å². The summed E-state index contributed by atoms with van der Waals surface area (Å²) in [5, 5.41) is 9.35. The van der Waals surface area contributed by atoms with Crippen LogP contribution in [0.3, 0.4) is 0 Å². The minimum Gasteiger partial charge on any atom is -0.455 e. The molecule has 0 aliphatic heterocycles. The summed E-state index contributed by atoms with van der Waals surface area (Å²) in [5.41, 5.74) is 11.8. The third-order valence-corrected chi connectivity index (χ3v) is 11.2. The predicted molar refractivity (Wildman–Crippen MR) is 237 cm³/mol. The highest BCUT2D eigenvalue weighted by atomic mass is 16.3. The highest BCUT2D eigenvalue weighted by molar-refractivity contribution is 6.22. The summed E-state index contributed by atoms with van der Waals surface area (Å²) in [6.45, 7) is 0. The van der Waals surface area contributed by atoms with E-state index in [0.717, 1.165) is 72.4 Å². The van der Waals surface area contributed by atoms with Gasteiger partial charge in [0.05, 0.1) is 22.4 Å². The van der Waals surface area contributed by atoms with Crippen LogP contribution < -0.4 is 4.90 Å². The third-order valence-electron chi connectivity index (χ3n) is 11.2. The fraction of sp³-hybridized carbons (Fsp3) is 0. The maximum Gasteiger partial charge on any atom is 0.145 e. The topological polar surface area (TPSA) is 16.4 Å². The molecule has 10 aromatic carbocycles. The Labute approximate surface area is 325 Å². The molecule has 1 aromatic heterocycles. The summed E-state index contributed by atoms with van der Waals surface area (Å²) in [4.78, 5) is 2.52. The van der Waals surface area contributed by atoms with Crippen LogP contribution in [0.15, 0.2) is 217 Å². The van der Waals surface area contributed by atoms with Crippen LogP contribution in [0.2, 0.25) is 0 Å². The largest absolute Gasteiger partial charge is 0.455 e. The predicted octanol–water partition coefficient (Wildman–Crippen LogP) is 15.5. The summed E-state index contributed by atoms with van der Waals surface area (Å²) in [5.74, 6) is 0. The van der Waals surface area contributed by atoms with Gasteiger partial charge in [0.15, 0.2) is 0 Å². The van der Waals surface area contributed by atoms with Crippen molar-refractivity contribution in [2.24, 2.45) is 0 Å². The lowest BCUT2D eigenvalue weighted by molar-refractivity contribution is 0.670. The maximum absolute atomic E-state index is 7.01. The lowest BCUT2D eigenvalue weighted by atomic mass is 9.92. The van der Waals surface area contributed by atoms with Crippen LogP contribution in [-0.4, -0.2) is 0 Å². The Bertz CT molecular complexity index is 3190. The molecule has 0 saturated heterocycles. The molecule has 1 heterocycles. The van der Waals surface area contributed by atoms with E-state index in [2.05, 4.69) is 217 Å². The van der Waals surface area contributed by atoms with Crippen LogP contribution in [0.5, 0.6) is 0 Å². The molecule has 2 nitrogen and oxygen atoms in total. The first-order valence-electron chi connectivity index (χ1n) is 19.2. The first-order valence-corrected chi connectivity index (χ1v) is 19.2. The van der Waals surface area contributed by atoms with Crippen molar-refractivity contribution >= 4 is 71.3 Å².